The summed E-state index contributed by atoms with van der Waals surface area (Å²) in [6.07, 6.45) is 0. The van der Waals surface area contributed by atoms with E-state index < -0.39 is 0 Å². The molecule has 2 aromatic carbocycles. The molecule has 142 valence electrons. The summed E-state index contributed by atoms with van der Waals surface area (Å²) in [5, 5.41) is 13.2. The maximum atomic E-state index is 9.04. The predicted molar refractivity (Wildman–Crippen MR) is 111 cm³/mol. The van der Waals surface area contributed by atoms with Gasteiger partial charge in [-0.2, -0.15) is 0 Å². The fraction of sp³-hybridized carbons (Fsp3) is 0.350. The molecule has 0 spiro atoms. The lowest BCUT2D eigenvalue weighted by Gasteiger charge is -2.35. The van der Waals surface area contributed by atoms with E-state index in [2.05, 4.69) is 49.4 Å². The second kappa shape index (κ2) is 8.17. The van der Waals surface area contributed by atoms with Crippen LogP contribution in [0.25, 0.3) is 11.0 Å². The van der Waals surface area contributed by atoms with Crippen LogP contribution >= 0.6 is 11.6 Å². The van der Waals surface area contributed by atoms with E-state index in [1.807, 2.05) is 18.2 Å². The molecule has 1 aromatic heterocycles. The highest BCUT2D eigenvalue weighted by Crippen LogP contribution is 2.21. The summed E-state index contributed by atoms with van der Waals surface area (Å²) in [5.74, 6) is 0.886. The Morgan fingerprint density at radius 3 is 2.59 bits per heavy atom. The van der Waals surface area contributed by atoms with Gasteiger partial charge in [0, 0.05) is 49.1 Å². The molecule has 7 heteroatoms. The van der Waals surface area contributed by atoms with Crippen LogP contribution in [0.2, 0.25) is 5.02 Å². The zero-order valence-electron chi connectivity index (χ0n) is 15.2. The van der Waals surface area contributed by atoms with Crippen molar-refractivity contribution in [2.24, 2.45) is 0 Å². The van der Waals surface area contributed by atoms with E-state index in [1.54, 1.807) is 0 Å². The molecule has 0 saturated carbocycles. The Morgan fingerprint density at radius 2 is 1.85 bits per heavy atom. The highest BCUT2D eigenvalue weighted by molar-refractivity contribution is 6.31. The summed E-state index contributed by atoms with van der Waals surface area (Å²) in [7, 11) is 0. The first-order valence-corrected chi connectivity index (χ1v) is 9.65. The fourth-order valence-electron chi connectivity index (χ4n) is 3.47. The Balaban J connectivity index is 1.33. The van der Waals surface area contributed by atoms with Gasteiger partial charge < -0.3 is 20.3 Å². The highest BCUT2D eigenvalue weighted by atomic mass is 35.5. The largest absolute Gasteiger partial charge is 0.395 e. The Kier molecular flexibility index (Phi) is 5.48. The summed E-state index contributed by atoms with van der Waals surface area (Å²) in [4.78, 5) is 12.6. The molecule has 3 aromatic rings. The maximum Gasteiger partial charge on any atom is 0.126 e. The van der Waals surface area contributed by atoms with E-state index in [4.69, 9.17) is 16.7 Å². The first-order valence-electron chi connectivity index (χ1n) is 9.27. The van der Waals surface area contributed by atoms with Gasteiger partial charge in [0.25, 0.3) is 0 Å². The van der Waals surface area contributed by atoms with E-state index in [0.29, 0.717) is 11.6 Å². The van der Waals surface area contributed by atoms with Crippen LogP contribution in [0.15, 0.2) is 42.5 Å². The second-order valence-corrected chi connectivity index (χ2v) is 7.23. The number of benzene rings is 2. The molecular weight excluding hydrogens is 362 g/mol. The monoisotopic (exact) mass is 385 g/mol. The van der Waals surface area contributed by atoms with Gasteiger partial charge in [-0.1, -0.05) is 11.6 Å². The average Bonchev–Trinajstić information content (AvgIpc) is 3.10. The summed E-state index contributed by atoms with van der Waals surface area (Å²) >= 11 is 6.02. The topological polar surface area (TPSA) is 67.4 Å². The van der Waals surface area contributed by atoms with Crippen molar-refractivity contribution in [2.75, 3.05) is 49.5 Å². The molecule has 0 bridgehead atoms. The Labute approximate surface area is 163 Å². The third kappa shape index (κ3) is 4.35. The molecule has 2 heterocycles. The Bertz CT molecular complexity index is 887. The lowest BCUT2D eigenvalue weighted by atomic mass is 10.2. The number of aliphatic hydroxyl groups excluding tert-OH is 1. The van der Waals surface area contributed by atoms with Crippen LogP contribution in [0.1, 0.15) is 5.82 Å². The quantitative estimate of drug-likeness (QED) is 0.608. The van der Waals surface area contributed by atoms with E-state index >= 15 is 0 Å². The number of rotatable bonds is 6. The molecule has 6 nitrogen and oxygen atoms in total. The van der Waals surface area contributed by atoms with Gasteiger partial charge in [-0.25, -0.2) is 4.98 Å². The molecular formula is C20H24ClN5O. The molecule has 4 rings (SSSR count). The summed E-state index contributed by atoms with van der Waals surface area (Å²) in [6.45, 7) is 5.62. The minimum atomic E-state index is 0.235. The molecule has 0 radical (unpaired) electrons. The van der Waals surface area contributed by atoms with Gasteiger partial charge >= 0.3 is 0 Å². The van der Waals surface area contributed by atoms with Crippen molar-refractivity contribution >= 4 is 34.0 Å². The van der Waals surface area contributed by atoms with Crippen molar-refractivity contribution in [3.8, 4) is 0 Å². The van der Waals surface area contributed by atoms with Crippen LogP contribution in [0.3, 0.4) is 0 Å². The number of H-pyrrole nitrogens is 1. The SMILES string of the molecule is OCCN1CCN(c2ccc(NCc3nc4ccc(Cl)cc4[nH]3)cc2)CC1. The number of nitrogens with zero attached hydrogens (tertiary/aromatic N) is 3. The molecule has 1 saturated heterocycles. The van der Waals surface area contributed by atoms with Crippen molar-refractivity contribution in [3.05, 3.63) is 53.3 Å². The Morgan fingerprint density at radius 1 is 1.07 bits per heavy atom. The molecule has 0 aliphatic carbocycles. The third-order valence-corrected chi connectivity index (χ3v) is 5.21. The van der Waals surface area contributed by atoms with Gasteiger partial charge in [0.15, 0.2) is 0 Å². The molecule has 3 N–H and O–H groups in total. The number of anilines is 2. The van der Waals surface area contributed by atoms with E-state index in [-0.39, 0.29) is 6.61 Å². The van der Waals surface area contributed by atoms with Crippen LogP contribution in [-0.2, 0) is 6.54 Å². The van der Waals surface area contributed by atoms with Gasteiger partial charge in [-0.3, -0.25) is 4.90 Å². The number of β-amino-alcohol motifs (C(OH)–C–C–N with tert-alkyl or cyclic N) is 1. The van der Waals surface area contributed by atoms with E-state index in [0.717, 1.165) is 55.3 Å². The highest BCUT2D eigenvalue weighted by Gasteiger charge is 2.16. The van der Waals surface area contributed by atoms with Crippen LogP contribution in [0.4, 0.5) is 11.4 Å². The van der Waals surface area contributed by atoms with Crippen molar-refractivity contribution in [1.82, 2.24) is 14.9 Å². The van der Waals surface area contributed by atoms with Gasteiger partial charge in [0.2, 0.25) is 0 Å². The van der Waals surface area contributed by atoms with Crippen LogP contribution in [0.5, 0.6) is 0 Å². The minimum absolute atomic E-state index is 0.235. The lowest BCUT2D eigenvalue weighted by Crippen LogP contribution is -2.47. The summed E-state index contributed by atoms with van der Waals surface area (Å²) in [5.41, 5.74) is 4.18. The summed E-state index contributed by atoms with van der Waals surface area (Å²) < 4.78 is 0. The van der Waals surface area contributed by atoms with Crippen molar-refractivity contribution in [1.29, 1.82) is 0 Å². The molecule has 0 unspecified atom stereocenters. The van der Waals surface area contributed by atoms with Crippen molar-refractivity contribution in [3.63, 3.8) is 0 Å². The number of halogens is 1. The molecule has 1 fully saturated rings. The van der Waals surface area contributed by atoms with Crippen LogP contribution in [-0.4, -0.2) is 59.3 Å². The van der Waals surface area contributed by atoms with Crippen molar-refractivity contribution in [2.45, 2.75) is 6.54 Å². The number of aromatic nitrogens is 2. The smallest absolute Gasteiger partial charge is 0.126 e. The number of hydrogen-bond donors (Lipinski definition) is 3. The predicted octanol–water partition coefficient (Wildman–Crippen LogP) is 2.94. The number of imidazole rings is 1. The fourth-order valence-corrected chi connectivity index (χ4v) is 3.64. The zero-order valence-corrected chi connectivity index (χ0v) is 15.9. The number of fused-ring (bicyclic) bond motifs is 1. The molecule has 1 aliphatic heterocycles. The van der Waals surface area contributed by atoms with E-state index in [1.165, 1.54) is 5.69 Å². The van der Waals surface area contributed by atoms with Crippen molar-refractivity contribution < 1.29 is 5.11 Å². The standard InChI is InChI=1S/C20H24ClN5O/c21-15-1-6-18-19(13-15)24-20(23-18)14-22-16-2-4-17(5-3-16)26-9-7-25(8-10-26)11-12-27/h1-6,13,22,27H,7-12,14H2,(H,23,24). The number of piperazine rings is 1. The molecule has 27 heavy (non-hydrogen) atoms. The summed E-state index contributed by atoms with van der Waals surface area (Å²) in [6, 6.07) is 14.2. The first-order chi connectivity index (χ1) is 13.2. The Hall–Kier alpha value is -2.28. The van der Waals surface area contributed by atoms with Gasteiger partial charge in [-0.05, 0) is 42.5 Å². The van der Waals surface area contributed by atoms with Crippen LogP contribution < -0.4 is 10.2 Å². The number of aromatic amines is 1. The first kappa shape index (κ1) is 18.1. The zero-order chi connectivity index (χ0) is 18.6. The van der Waals surface area contributed by atoms with Gasteiger partial charge in [-0.15, -0.1) is 0 Å². The van der Waals surface area contributed by atoms with Gasteiger partial charge in [0.05, 0.1) is 24.2 Å². The second-order valence-electron chi connectivity index (χ2n) is 6.80. The lowest BCUT2D eigenvalue weighted by molar-refractivity contribution is 0.189. The third-order valence-electron chi connectivity index (χ3n) is 4.97. The normalized spacial score (nSPS) is 15.4. The molecule has 1 aliphatic rings. The van der Waals surface area contributed by atoms with Gasteiger partial charge in [0.1, 0.15) is 5.82 Å². The maximum absolute atomic E-state index is 9.04. The average molecular weight is 386 g/mol. The molecule has 0 atom stereocenters. The van der Waals surface area contributed by atoms with E-state index in [9.17, 15) is 0 Å². The number of hydrogen-bond acceptors (Lipinski definition) is 5. The minimum Gasteiger partial charge on any atom is -0.395 e. The number of aliphatic hydroxyl groups is 1. The van der Waals surface area contributed by atoms with Crippen LogP contribution in [0, 0.1) is 0 Å². The number of nitrogens with one attached hydrogen (secondary N) is 2. The molecule has 0 amide bonds.